The molecule has 168 valence electrons. The van der Waals surface area contributed by atoms with Crippen LogP contribution in [0.4, 0.5) is 0 Å². The quantitative estimate of drug-likeness (QED) is 0.596. The molecule has 6 nitrogen and oxygen atoms in total. The Morgan fingerprint density at radius 3 is 2.41 bits per heavy atom. The number of β-amino-alcohol motifs (C(OH)–C–C–N with tert-alkyl or cyclic N) is 1. The summed E-state index contributed by atoms with van der Waals surface area (Å²) in [5.41, 5.74) is 2.13. The van der Waals surface area contributed by atoms with Crippen molar-refractivity contribution in [1.29, 1.82) is 0 Å². The summed E-state index contributed by atoms with van der Waals surface area (Å²) in [7, 11) is 0. The predicted molar refractivity (Wildman–Crippen MR) is 125 cm³/mol. The van der Waals surface area contributed by atoms with Crippen LogP contribution in [0.5, 0.6) is 11.5 Å². The monoisotopic (exact) mass is 434 g/mol. The average Bonchev–Trinajstić information content (AvgIpc) is 2.81. The zero-order valence-electron chi connectivity index (χ0n) is 18.2. The van der Waals surface area contributed by atoms with E-state index in [4.69, 9.17) is 9.47 Å². The van der Waals surface area contributed by atoms with Crippen LogP contribution in [-0.2, 0) is 4.74 Å². The van der Waals surface area contributed by atoms with Crippen LogP contribution in [0.1, 0.15) is 0 Å². The number of benzene rings is 3. The minimum atomic E-state index is -0.531. The van der Waals surface area contributed by atoms with E-state index >= 15 is 0 Å². The average molecular weight is 435 g/mol. The van der Waals surface area contributed by atoms with Crippen LogP contribution in [0.3, 0.4) is 0 Å². The Morgan fingerprint density at radius 2 is 1.66 bits per heavy atom. The Hall–Kier alpha value is -2.64. The molecule has 5 rings (SSSR count). The van der Waals surface area contributed by atoms with Gasteiger partial charge in [0.05, 0.1) is 13.2 Å². The van der Waals surface area contributed by atoms with E-state index in [0.717, 1.165) is 67.0 Å². The number of nitrogens with zero attached hydrogens (tertiary/aromatic N) is 2. The van der Waals surface area contributed by atoms with E-state index in [0.29, 0.717) is 12.6 Å². The third-order valence-electron chi connectivity index (χ3n) is 6.46. The molecule has 2 aliphatic rings. The number of aromatic hydroxyl groups is 1. The van der Waals surface area contributed by atoms with Gasteiger partial charge in [0.15, 0.2) is 0 Å². The maximum Gasteiger partial charge on any atom is 0.127 e. The molecule has 2 N–H and O–H groups in total. The molecule has 2 aliphatic heterocycles. The standard InChI is InChI=1S/C26H30N2O4/c29-21-7-5-19(6-8-21)23-9-10-26(25-4-2-1-3-24(23)25)32-18-22(30)17-27-15-20(16-27)28-11-13-31-14-12-28/h1-10,20,22,29-30H,11-18H2. The largest absolute Gasteiger partial charge is 0.508 e. The Bertz CT molecular complexity index is 1040. The van der Waals surface area contributed by atoms with Crippen molar-refractivity contribution in [3.63, 3.8) is 0 Å². The lowest BCUT2D eigenvalue weighted by Crippen LogP contribution is -2.62. The molecule has 0 aliphatic carbocycles. The lowest BCUT2D eigenvalue weighted by atomic mass is 9.97. The predicted octanol–water partition coefficient (Wildman–Crippen LogP) is 2.97. The van der Waals surface area contributed by atoms with E-state index in [1.54, 1.807) is 12.1 Å². The zero-order valence-corrected chi connectivity index (χ0v) is 18.2. The van der Waals surface area contributed by atoms with E-state index < -0.39 is 6.10 Å². The van der Waals surface area contributed by atoms with Gasteiger partial charge < -0.3 is 19.7 Å². The van der Waals surface area contributed by atoms with Gasteiger partial charge in [-0.15, -0.1) is 0 Å². The minimum Gasteiger partial charge on any atom is -0.508 e. The molecule has 0 aromatic heterocycles. The number of phenols is 1. The summed E-state index contributed by atoms with van der Waals surface area (Å²) < 4.78 is 11.5. The summed E-state index contributed by atoms with van der Waals surface area (Å²) in [4.78, 5) is 4.78. The van der Waals surface area contributed by atoms with Crippen LogP contribution in [0, 0.1) is 0 Å². The van der Waals surface area contributed by atoms with E-state index in [1.807, 2.05) is 42.5 Å². The van der Waals surface area contributed by atoms with Crippen molar-refractivity contribution in [1.82, 2.24) is 9.80 Å². The first-order valence-electron chi connectivity index (χ1n) is 11.3. The second-order valence-corrected chi connectivity index (χ2v) is 8.69. The molecule has 2 fully saturated rings. The normalized spacial score (nSPS) is 19.0. The molecule has 32 heavy (non-hydrogen) atoms. The highest BCUT2D eigenvalue weighted by Crippen LogP contribution is 2.35. The van der Waals surface area contributed by atoms with Crippen molar-refractivity contribution in [3.8, 4) is 22.6 Å². The molecule has 2 saturated heterocycles. The number of fused-ring (bicyclic) bond motifs is 1. The number of ether oxygens (including phenoxy) is 2. The summed E-state index contributed by atoms with van der Waals surface area (Å²) in [6.45, 7) is 6.57. The van der Waals surface area contributed by atoms with Crippen molar-refractivity contribution in [3.05, 3.63) is 60.7 Å². The smallest absolute Gasteiger partial charge is 0.127 e. The number of aliphatic hydroxyl groups is 1. The highest BCUT2D eigenvalue weighted by atomic mass is 16.5. The van der Waals surface area contributed by atoms with Crippen LogP contribution < -0.4 is 4.74 Å². The molecule has 0 amide bonds. The third-order valence-corrected chi connectivity index (χ3v) is 6.46. The van der Waals surface area contributed by atoms with Crippen LogP contribution in [0.15, 0.2) is 60.7 Å². The third kappa shape index (κ3) is 4.59. The van der Waals surface area contributed by atoms with Crippen LogP contribution in [0.25, 0.3) is 21.9 Å². The van der Waals surface area contributed by atoms with Crippen molar-refractivity contribution < 1.29 is 19.7 Å². The molecule has 2 heterocycles. The van der Waals surface area contributed by atoms with Crippen LogP contribution in [-0.4, -0.2) is 84.7 Å². The lowest BCUT2D eigenvalue weighted by Gasteiger charge is -2.47. The van der Waals surface area contributed by atoms with Gasteiger partial charge in [-0.1, -0.05) is 42.5 Å². The molecule has 0 spiro atoms. The van der Waals surface area contributed by atoms with Gasteiger partial charge in [-0.25, -0.2) is 0 Å². The van der Waals surface area contributed by atoms with Crippen molar-refractivity contribution in [2.24, 2.45) is 0 Å². The summed E-state index contributed by atoms with van der Waals surface area (Å²) in [6.07, 6.45) is -0.531. The molecule has 0 radical (unpaired) electrons. The van der Waals surface area contributed by atoms with Crippen molar-refractivity contribution >= 4 is 10.8 Å². The molecule has 1 unspecified atom stereocenters. The van der Waals surface area contributed by atoms with Gasteiger partial charge in [0.2, 0.25) is 0 Å². The number of morpholine rings is 1. The lowest BCUT2D eigenvalue weighted by molar-refractivity contribution is -0.0461. The number of hydrogen-bond acceptors (Lipinski definition) is 6. The van der Waals surface area contributed by atoms with Gasteiger partial charge in [0.1, 0.15) is 24.2 Å². The second-order valence-electron chi connectivity index (χ2n) is 8.69. The van der Waals surface area contributed by atoms with Crippen molar-refractivity contribution in [2.75, 3.05) is 52.5 Å². The van der Waals surface area contributed by atoms with Crippen LogP contribution in [0.2, 0.25) is 0 Å². The maximum absolute atomic E-state index is 10.5. The Balaban J connectivity index is 1.20. The Morgan fingerprint density at radius 1 is 0.938 bits per heavy atom. The van der Waals surface area contributed by atoms with Crippen molar-refractivity contribution in [2.45, 2.75) is 12.1 Å². The highest BCUT2D eigenvalue weighted by molar-refractivity contribution is 6.00. The van der Waals surface area contributed by atoms with E-state index in [9.17, 15) is 10.2 Å². The topological polar surface area (TPSA) is 65.4 Å². The van der Waals surface area contributed by atoms with Crippen LogP contribution >= 0.6 is 0 Å². The first-order valence-corrected chi connectivity index (χ1v) is 11.3. The van der Waals surface area contributed by atoms with E-state index in [2.05, 4.69) is 15.9 Å². The first kappa shape index (κ1) is 21.2. The van der Waals surface area contributed by atoms with Gasteiger partial charge in [0, 0.05) is 44.2 Å². The fourth-order valence-electron chi connectivity index (χ4n) is 4.69. The Labute approximate surface area is 188 Å². The maximum atomic E-state index is 10.5. The molecule has 3 aromatic carbocycles. The van der Waals surface area contributed by atoms with Gasteiger partial charge >= 0.3 is 0 Å². The summed E-state index contributed by atoms with van der Waals surface area (Å²) in [5, 5.41) is 22.2. The van der Waals surface area contributed by atoms with E-state index in [-0.39, 0.29) is 12.4 Å². The fourth-order valence-corrected chi connectivity index (χ4v) is 4.69. The second kappa shape index (κ2) is 9.46. The zero-order chi connectivity index (χ0) is 21.9. The summed E-state index contributed by atoms with van der Waals surface area (Å²) >= 11 is 0. The number of phenolic OH excluding ortho intramolecular Hbond substituents is 1. The van der Waals surface area contributed by atoms with Gasteiger partial charge in [0.25, 0.3) is 0 Å². The molecule has 3 aromatic rings. The minimum absolute atomic E-state index is 0.255. The number of rotatable bonds is 7. The molecular formula is C26H30N2O4. The summed E-state index contributed by atoms with van der Waals surface area (Å²) in [5.74, 6) is 1.03. The molecule has 1 atom stereocenters. The fraction of sp³-hybridized carbons (Fsp3) is 0.385. The Kier molecular flexibility index (Phi) is 6.28. The summed E-state index contributed by atoms with van der Waals surface area (Å²) in [6, 6.07) is 20.0. The molecule has 0 saturated carbocycles. The number of likely N-dealkylation sites (tertiary alicyclic amines) is 1. The van der Waals surface area contributed by atoms with Gasteiger partial charge in [-0.3, -0.25) is 9.80 Å². The number of aliphatic hydroxyl groups excluding tert-OH is 1. The van der Waals surface area contributed by atoms with Gasteiger partial charge in [-0.05, 0) is 34.7 Å². The molecule has 6 heteroatoms. The SMILES string of the molecule is Oc1ccc(-c2ccc(OCC(O)CN3CC(N4CCOCC4)C3)c3ccccc23)cc1. The first-order chi connectivity index (χ1) is 15.7. The van der Waals surface area contributed by atoms with Gasteiger partial charge in [-0.2, -0.15) is 0 Å². The highest BCUT2D eigenvalue weighted by Gasteiger charge is 2.33. The van der Waals surface area contributed by atoms with E-state index in [1.165, 1.54) is 0 Å². The molecule has 0 bridgehead atoms. The molecular weight excluding hydrogens is 404 g/mol. The number of hydrogen-bond donors (Lipinski definition) is 2.